The Kier molecular flexibility index (Phi) is 13.3. The number of carbonyl (C=O) groups is 5. The Morgan fingerprint density at radius 2 is 1.78 bits per heavy atom. The zero-order valence-electron chi connectivity index (χ0n) is 20.5. The fourth-order valence-electron chi connectivity index (χ4n) is 2.94. The number of amides is 3. The first-order chi connectivity index (χ1) is 16.8. The molecule has 0 saturated carbocycles. The van der Waals surface area contributed by atoms with Crippen LogP contribution in [0.5, 0.6) is 0 Å². The zero-order chi connectivity index (χ0) is 27.4. The van der Waals surface area contributed by atoms with E-state index in [1.165, 1.54) is 23.1 Å². The summed E-state index contributed by atoms with van der Waals surface area (Å²) < 4.78 is 10.5. The Hall–Kier alpha value is -2.83. The average Bonchev–Trinajstić information content (AvgIpc) is 2.79. The lowest BCUT2D eigenvalue weighted by Gasteiger charge is -2.25. The molecule has 0 aliphatic rings. The van der Waals surface area contributed by atoms with Gasteiger partial charge in [-0.2, -0.15) is 0 Å². The monoisotopic (exact) mass is 545 g/mol. The molecule has 36 heavy (non-hydrogen) atoms. The molecule has 0 radical (unpaired) electrons. The number of rotatable bonds is 14. The molecule has 0 fully saturated rings. The smallest absolute Gasteiger partial charge is 0.508 e. The molecule has 198 valence electrons. The van der Waals surface area contributed by atoms with Gasteiger partial charge in [0.25, 0.3) is 11.9 Å². The van der Waals surface area contributed by atoms with Crippen LogP contribution in [0, 0.1) is 5.92 Å². The number of hydrogen-bond acceptors (Lipinski definition) is 7. The van der Waals surface area contributed by atoms with Gasteiger partial charge >= 0.3 is 13.1 Å². The summed E-state index contributed by atoms with van der Waals surface area (Å²) in [7, 11) is 1.65. The number of halogens is 2. The molecular formula is C22H30BCl2N3O8. The van der Waals surface area contributed by atoms with Crippen LogP contribution < -0.4 is 10.6 Å². The lowest BCUT2D eigenvalue weighted by molar-refractivity contribution is -0.143. The van der Waals surface area contributed by atoms with E-state index in [9.17, 15) is 24.0 Å². The van der Waals surface area contributed by atoms with E-state index in [1.807, 2.05) is 13.8 Å². The summed E-state index contributed by atoms with van der Waals surface area (Å²) in [6.07, 6.45) is -0.118. The van der Waals surface area contributed by atoms with Crippen LogP contribution >= 0.6 is 23.2 Å². The molecule has 0 aliphatic carbocycles. The fourth-order valence-corrected chi connectivity index (χ4v) is 3.31. The molecule has 0 spiro atoms. The van der Waals surface area contributed by atoms with Crippen molar-refractivity contribution in [2.45, 2.75) is 39.1 Å². The van der Waals surface area contributed by atoms with E-state index < -0.39 is 50.0 Å². The van der Waals surface area contributed by atoms with E-state index >= 15 is 0 Å². The molecule has 3 N–H and O–H groups in total. The number of nitrogens with one attached hydrogen (secondary N) is 2. The molecule has 1 aromatic carbocycles. The van der Waals surface area contributed by atoms with Crippen molar-refractivity contribution < 1.29 is 38.4 Å². The normalized spacial score (nSPS) is 11.4. The van der Waals surface area contributed by atoms with Gasteiger partial charge in [0.1, 0.15) is 6.61 Å². The molecule has 3 amide bonds. The van der Waals surface area contributed by atoms with Crippen LogP contribution in [-0.2, 0) is 28.5 Å². The quantitative estimate of drug-likeness (QED) is 0.299. The van der Waals surface area contributed by atoms with Gasteiger partial charge < -0.3 is 29.9 Å². The average molecular weight is 546 g/mol. The van der Waals surface area contributed by atoms with Crippen LogP contribution in [0.1, 0.15) is 43.5 Å². The number of hydrogen-bond donors (Lipinski definition) is 3. The van der Waals surface area contributed by atoms with Gasteiger partial charge in [-0.25, -0.2) is 4.79 Å². The van der Waals surface area contributed by atoms with E-state index in [2.05, 4.69) is 10.6 Å². The predicted molar refractivity (Wildman–Crippen MR) is 134 cm³/mol. The van der Waals surface area contributed by atoms with Gasteiger partial charge in [0, 0.05) is 25.5 Å². The van der Waals surface area contributed by atoms with Crippen LogP contribution in [-0.4, -0.2) is 80.0 Å². The van der Waals surface area contributed by atoms with Gasteiger partial charge in [0.15, 0.2) is 0 Å². The summed E-state index contributed by atoms with van der Waals surface area (Å²) >= 11 is 11.9. The third-order valence-electron chi connectivity index (χ3n) is 4.64. The van der Waals surface area contributed by atoms with Crippen molar-refractivity contribution in [1.29, 1.82) is 0 Å². The first kappa shape index (κ1) is 31.2. The Labute approximate surface area is 219 Å². The maximum Gasteiger partial charge on any atom is 0.551 e. The zero-order valence-corrected chi connectivity index (χ0v) is 22.0. The first-order valence-corrected chi connectivity index (χ1v) is 11.8. The van der Waals surface area contributed by atoms with Gasteiger partial charge in [0.2, 0.25) is 11.8 Å². The largest absolute Gasteiger partial charge is 0.551 e. The second-order valence-electron chi connectivity index (χ2n) is 8.46. The maximum absolute atomic E-state index is 12.6. The molecule has 0 aromatic heterocycles. The lowest BCUT2D eigenvalue weighted by Crippen LogP contribution is -2.53. The van der Waals surface area contributed by atoms with Crippen molar-refractivity contribution in [1.82, 2.24) is 15.5 Å². The third kappa shape index (κ3) is 11.7. The Morgan fingerprint density at radius 3 is 2.36 bits per heavy atom. The fraction of sp³-hybridized carbons (Fsp3) is 0.500. The molecule has 14 heteroatoms. The Bertz CT molecular complexity index is 961. The predicted octanol–water partition coefficient (Wildman–Crippen LogP) is 1.79. The highest BCUT2D eigenvalue weighted by Gasteiger charge is 2.36. The maximum atomic E-state index is 12.6. The van der Waals surface area contributed by atoms with Gasteiger partial charge in [-0.1, -0.05) is 37.0 Å². The van der Waals surface area contributed by atoms with E-state index in [1.54, 1.807) is 14.1 Å². The number of benzene rings is 1. The van der Waals surface area contributed by atoms with Crippen molar-refractivity contribution in [3.8, 4) is 0 Å². The van der Waals surface area contributed by atoms with Crippen molar-refractivity contribution in [2.75, 3.05) is 27.2 Å². The van der Waals surface area contributed by atoms with Crippen LogP contribution in [0.3, 0.4) is 0 Å². The van der Waals surface area contributed by atoms with E-state index in [4.69, 9.17) is 37.6 Å². The minimum atomic E-state index is -1.44. The highest BCUT2D eigenvalue weighted by atomic mass is 35.5. The highest BCUT2D eigenvalue weighted by Crippen LogP contribution is 2.20. The summed E-state index contributed by atoms with van der Waals surface area (Å²) in [5.41, 5.74) is 0.0829. The molecule has 0 aliphatic heterocycles. The van der Waals surface area contributed by atoms with Crippen LogP contribution in [0.25, 0.3) is 0 Å². The molecule has 0 bridgehead atoms. The standard InChI is InChI=1S/C22H30BCl2N3O8/c1-13(2)9-17(23(35-12-20(31)32)36-21(33)8-7-19(30)28(3)4)27-18(29)11-26-22(34)15-10-14(24)5-6-16(15)25/h5-6,10,13,17H,7-9,11-12H2,1-4H3,(H,26,34)(H,27,29)(H,31,32)/t17-/m0/s1. The van der Waals surface area contributed by atoms with E-state index in [-0.39, 0.29) is 41.7 Å². The Balaban J connectivity index is 2.89. The van der Waals surface area contributed by atoms with Crippen molar-refractivity contribution in [2.24, 2.45) is 5.92 Å². The molecular weight excluding hydrogens is 516 g/mol. The van der Waals surface area contributed by atoms with Crippen molar-refractivity contribution in [3.05, 3.63) is 33.8 Å². The minimum Gasteiger partial charge on any atom is -0.508 e. The molecule has 0 unspecified atom stereocenters. The molecule has 1 aromatic rings. The first-order valence-electron chi connectivity index (χ1n) is 11.1. The SMILES string of the molecule is CC(C)C[C@H](NC(=O)CNC(=O)c1cc(Cl)ccc1Cl)B(OCC(=O)O)OC(=O)CCC(=O)N(C)C. The number of carbonyl (C=O) groups excluding carboxylic acids is 4. The molecule has 11 nitrogen and oxygen atoms in total. The van der Waals surface area contributed by atoms with Gasteiger partial charge in [-0.05, 0) is 30.5 Å². The second kappa shape index (κ2) is 15.3. The Morgan fingerprint density at radius 1 is 1.11 bits per heavy atom. The number of aliphatic carboxylic acids is 1. The molecule has 0 saturated heterocycles. The van der Waals surface area contributed by atoms with Crippen LogP contribution in [0.4, 0.5) is 0 Å². The summed E-state index contributed by atoms with van der Waals surface area (Å²) in [6.45, 7) is 2.44. The lowest BCUT2D eigenvalue weighted by atomic mass is 9.73. The molecule has 1 atom stereocenters. The number of carboxylic acids is 1. The summed E-state index contributed by atoms with van der Waals surface area (Å²) in [6, 6.07) is 4.32. The minimum absolute atomic E-state index is 0.0138. The summed E-state index contributed by atoms with van der Waals surface area (Å²) in [5.74, 6) is -4.62. The second-order valence-corrected chi connectivity index (χ2v) is 9.31. The number of nitrogens with zero attached hydrogens (tertiary/aromatic N) is 1. The van der Waals surface area contributed by atoms with E-state index in [0.717, 1.165) is 0 Å². The number of carboxylic acid groups (broad SMARTS) is 1. The van der Waals surface area contributed by atoms with Gasteiger partial charge in [-0.15, -0.1) is 0 Å². The third-order valence-corrected chi connectivity index (χ3v) is 5.21. The molecule has 1 rings (SSSR count). The van der Waals surface area contributed by atoms with E-state index in [0.29, 0.717) is 5.02 Å². The van der Waals surface area contributed by atoms with Crippen molar-refractivity contribution in [3.63, 3.8) is 0 Å². The summed E-state index contributed by atoms with van der Waals surface area (Å²) in [4.78, 5) is 61.4. The van der Waals surface area contributed by atoms with Crippen LogP contribution in [0.2, 0.25) is 10.0 Å². The summed E-state index contributed by atoms with van der Waals surface area (Å²) in [5, 5.41) is 14.5. The van der Waals surface area contributed by atoms with Gasteiger partial charge in [0.05, 0.1) is 29.5 Å². The molecule has 0 heterocycles. The highest BCUT2D eigenvalue weighted by molar-refractivity contribution is 6.49. The van der Waals surface area contributed by atoms with Crippen molar-refractivity contribution >= 4 is 60.0 Å². The topological polar surface area (TPSA) is 151 Å². The van der Waals surface area contributed by atoms with Gasteiger partial charge in [-0.3, -0.25) is 19.2 Å². The van der Waals surface area contributed by atoms with Crippen LogP contribution in [0.15, 0.2) is 18.2 Å².